The highest BCUT2D eigenvalue weighted by Crippen LogP contribution is 2.41. The number of rotatable bonds is 5. The average Bonchev–Trinajstić information content (AvgIpc) is 3.12. The quantitative estimate of drug-likeness (QED) is 0.792. The molecule has 0 aromatic carbocycles. The largest absolute Gasteiger partial charge is 0.380 e. The van der Waals surface area contributed by atoms with E-state index in [4.69, 9.17) is 4.74 Å². The molecule has 1 unspecified atom stereocenters. The number of methoxy groups -OCH3 is 1. The Kier molecular flexibility index (Phi) is 5.65. The van der Waals surface area contributed by atoms with Gasteiger partial charge in [0, 0.05) is 65.6 Å². The van der Waals surface area contributed by atoms with Crippen molar-refractivity contribution in [3.8, 4) is 0 Å². The smallest absolute Gasteiger partial charge is 0.228 e. The van der Waals surface area contributed by atoms with E-state index < -0.39 is 0 Å². The Labute approximate surface area is 155 Å². The van der Waals surface area contributed by atoms with Crippen LogP contribution in [0.2, 0.25) is 0 Å². The molecule has 144 valence electrons. The van der Waals surface area contributed by atoms with Gasteiger partial charge in [-0.2, -0.15) is 0 Å². The molecule has 3 heterocycles. The Morgan fingerprint density at radius 1 is 1.38 bits per heavy atom. The number of imidazole rings is 1. The first-order valence-electron chi connectivity index (χ1n) is 9.55. The summed E-state index contributed by atoms with van der Waals surface area (Å²) in [5.41, 5.74) is -0.357. The van der Waals surface area contributed by atoms with Crippen molar-refractivity contribution in [3.05, 3.63) is 18.2 Å². The average molecular weight is 362 g/mol. The lowest BCUT2D eigenvalue weighted by atomic mass is 9.71. The molecule has 0 radical (unpaired) electrons. The third-order valence-electron chi connectivity index (χ3n) is 5.99. The Balaban J connectivity index is 1.55. The lowest BCUT2D eigenvalue weighted by Crippen LogP contribution is -2.57. The molecule has 7 heteroatoms. The summed E-state index contributed by atoms with van der Waals surface area (Å²) in [7, 11) is 3.56. The van der Waals surface area contributed by atoms with Gasteiger partial charge < -0.3 is 19.1 Å². The summed E-state index contributed by atoms with van der Waals surface area (Å²) in [5, 5.41) is 0. The van der Waals surface area contributed by atoms with Crippen LogP contribution in [0, 0.1) is 5.41 Å². The van der Waals surface area contributed by atoms with Crippen LogP contribution in [-0.2, 0) is 27.3 Å². The fourth-order valence-electron chi connectivity index (χ4n) is 4.37. The normalized spacial score (nSPS) is 22.9. The molecule has 3 rings (SSSR count). The fraction of sp³-hybridized carbons (Fsp3) is 0.737. The predicted octanol–water partition coefficient (Wildman–Crippen LogP) is 1.32. The van der Waals surface area contributed by atoms with E-state index in [0.29, 0.717) is 32.6 Å². The fourth-order valence-corrected chi connectivity index (χ4v) is 4.37. The van der Waals surface area contributed by atoms with Gasteiger partial charge in [-0.3, -0.25) is 9.59 Å². The predicted molar refractivity (Wildman–Crippen MR) is 97.5 cm³/mol. The Hall–Kier alpha value is -1.89. The van der Waals surface area contributed by atoms with Crippen molar-refractivity contribution in [2.24, 2.45) is 5.41 Å². The van der Waals surface area contributed by atoms with Gasteiger partial charge in [0.15, 0.2) is 0 Å². The number of aryl methyl sites for hydroxylation is 2. The van der Waals surface area contributed by atoms with Crippen LogP contribution in [0.3, 0.4) is 0 Å². The SMILES string of the molecule is CCc1nccn1CCC(=O)N1CCC2(CC1)CC(OC)CN(C)C2=O. The zero-order chi connectivity index (χ0) is 18.7. The van der Waals surface area contributed by atoms with Crippen molar-refractivity contribution in [3.63, 3.8) is 0 Å². The first-order valence-corrected chi connectivity index (χ1v) is 9.55. The Bertz CT molecular complexity index is 649. The molecule has 7 nitrogen and oxygen atoms in total. The van der Waals surface area contributed by atoms with Crippen molar-refractivity contribution in [1.82, 2.24) is 19.4 Å². The molecular weight excluding hydrogens is 332 g/mol. The minimum atomic E-state index is -0.357. The van der Waals surface area contributed by atoms with Gasteiger partial charge in [0.1, 0.15) is 5.82 Å². The van der Waals surface area contributed by atoms with E-state index in [0.717, 1.165) is 31.5 Å². The Morgan fingerprint density at radius 3 is 2.77 bits per heavy atom. The first kappa shape index (κ1) is 18.9. The molecule has 2 saturated heterocycles. The Morgan fingerprint density at radius 2 is 2.12 bits per heavy atom. The van der Waals surface area contributed by atoms with E-state index >= 15 is 0 Å². The molecule has 2 fully saturated rings. The summed E-state index contributed by atoms with van der Waals surface area (Å²) in [6.07, 6.45) is 7.37. The first-order chi connectivity index (χ1) is 12.5. The molecule has 1 aromatic rings. The summed E-state index contributed by atoms with van der Waals surface area (Å²) in [6, 6.07) is 0. The molecular formula is C19H30N4O3. The van der Waals surface area contributed by atoms with Crippen molar-refractivity contribution in [2.45, 2.75) is 51.7 Å². The molecule has 26 heavy (non-hydrogen) atoms. The number of hydrogen-bond donors (Lipinski definition) is 0. The highest BCUT2D eigenvalue weighted by atomic mass is 16.5. The van der Waals surface area contributed by atoms with Gasteiger partial charge in [0.2, 0.25) is 11.8 Å². The molecule has 1 atom stereocenters. The zero-order valence-electron chi connectivity index (χ0n) is 16.1. The second-order valence-corrected chi connectivity index (χ2v) is 7.55. The molecule has 1 spiro atoms. The molecule has 0 aliphatic carbocycles. The topological polar surface area (TPSA) is 67.7 Å². The van der Waals surface area contributed by atoms with Crippen LogP contribution in [0.1, 0.15) is 38.4 Å². The number of carbonyl (C=O) groups excluding carboxylic acids is 2. The van der Waals surface area contributed by atoms with E-state index in [9.17, 15) is 9.59 Å². The summed E-state index contributed by atoms with van der Waals surface area (Å²) >= 11 is 0. The van der Waals surface area contributed by atoms with Crippen LogP contribution in [0.15, 0.2) is 12.4 Å². The standard InChI is InChI=1S/C19H30N4O3/c1-4-16-20-8-12-22(16)9-5-17(24)23-10-6-19(7-11-23)13-15(26-3)14-21(2)18(19)25/h8,12,15H,4-7,9-11,13-14H2,1-3H3. The van der Waals surface area contributed by atoms with E-state index in [2.05, 4.69) is 11.9 Å². The number of amides is 2. The minimum absolute atomic E-state index is 0.0913. The summed E-state index contributed by atoms with van der Waals surface area (Å²) in [5.74, 6) is 1.39. The number of ether oxygens (including phenoxy) is 1. The number of likely N-dealkylation sites (N-methyl/N-ethyl adjacent to an activating group) is 1. The van der Waals surface area contributed by atoms with Crippen molar-refractivity contribution >= 4 is 11.8 Å². The minimum Gasteiger partial charge on any atom is -0.380 e. The van der Waals surface area contributed by atoms with Gasteiger partial charge in [0.25, 0.3) is 0 Å². The lowest BCUT2D eigenvalue weighted by molar-refractivity contribution is -0.158. The van der Waals surface area contributed by atoms with E-state index in [-0.39, 0.29) is 23.3 Å². The highest BCUT2D eigenvalue weighted by molar-refractivity contribution is 5.84. The van der Waals surface area contributed by atoms with E-state index in [1.54, 1.807) is 18.2 Å². The number of hydrogen-bond acceptors (Lipinski definition) is 4. The number of nitrogens with zero attached hydrogens (tertiary/aromatic N) is 4. The molecule has 0 N–H and O–H groups in total. The second-order valence-electron chi connectivity index (χ2n) is 7.55. The summed E-state index contributed by atoms with van der Waals surface area (Å²) < 4.78 is 7.58. The van der Waals surface area contributed by atoms with Crippen LogP contribution >= 0.6 is 0 Å². The second kappa shape index (κ2) is 7.78. The molecule has 1 aromatic heterocycles. The lowest BCUT2D eigenvalue weighted by Gasteiger charge is -2.47. The number of carbonyl (C=O) groups is 2. The third kappa shape index (κ3) is 3.63. The third-order valence-corrected chi connectivity index (χ3v) is 5.99. The van der Waals surface area contributed by atoms with Gasteiger partial charge in [-0.15, -0.1) is 0 Å². The van der Waals surface area contributed by atoms with Crippen LogP contribution in [0.4, 0.5) is 0 Å². The van der Waals surface area contributed by atoms with Crippen LogP contribution in [-0.4, -0.2) is 71.1 Å². The van der Waals surface area contributed by atoms with Gasteiger partial charge >= 0.3 is 0 Å². The summed E-state index contributed by atoms with van der Waals surface area (Å²) in [6.45, 7) is 4.69. The number of likely N-dealkylation sites (tertiary alicyclic amines) is 2. The van der Waals surface area contributed by atoms with Gasteiger partial charge in [-0.05, 0) is 19.3 Å². The zero-order valence-corrected chi connectivity index (χ0v) is 16.1. The maximum absolute atomic E-state index is 12.7. The van der Waals surface area contributed by atoms with Crippen molar-refractivity contribution < 1.29 is 14.3 Å². The van der Waals surface area contributed by atoms with Crippen molar-refractivity contribution in [1.29, 1.82) is 0 Å². The molecule has 2 aliphatic heterocycles. The monoisotopic (exact) mass is 362 g/mol. The van der Waals surface area contributed by atoms with Crippen LogP contribution in [0.25, 0.3) is 0 Å². The van der Waals surface area contributed by atoms with Crippen LogP contribution in [0.5, 0.6) is 0 Å². The van der Waals surface area contributed by atoms with E-state index in [1.807, 2.05) is 22.7 Å². The summed E-state index contributed by atoms with van der Waals surface area (Å²) in [4.78, 5) is 33.4. The molecule has 2 aliphatic rings. The number of aromatic nitrogens is 2. The van der Waals surface area contributed by atoms with E-state index in [1.165, 1.54) is 0 Å². The maximum Gasteiger partial charge on any atom is 0.228 e. The van der Waals surface area contributed by atoms with Gasteiger partial charge in [-0.25, -0.2) is 4.98 Å². The molecule has 0 bridgehead atoms. The maximum atomic E-state index is 12.7. The number of piperidine rings is 2. The molecule has 0 saturated carbocycles. The molecule has 2 amide bonds. The van der Waals surface area contributed by atoms with Gasteiger partial charge in [0.05, 0.1) is 11.5 Å². The highest BCUT2D eigenvalue weighted by Gasteiger charge is 2.48. The van der Waals surface area contributed by atoms with Crippen LogP contribution < -0.4 is 0 Å². The van der Waals surface area contributed by atoms with Crippen molar-refractivity contribution in [2.75, 3.05) is 33.8 Å². The van der Waals surface area contributed by atoms with Gasteiger partial charge in [-0.1, -0.05) is 6.92 Å².